The van der Waals surface area contributed by atoms with Crippen LogP contribution in [-0.4, -0.2) is 20.8 Å². The fourth-order valence-electron chi connectivity index (χ4n) is 1.77. The first-order valence-electron chi connectivity index (χ1n) is 5.43. The lowest BCUT2D eigenvalue weighted by Crippen LogP contribution is -2.24. The van der Waals surface area contributed by atoms with Crippen LogP contribution in [0.15, 0.2) is 16.6 Å². The van der Waals surface area contributed by atoms with E-state index in [0.29, 0.717) is 6.61 Å². The Morgan fingerprint density at radius 2 is 2.24 bits per heavy atom. The van der Waals surface area contributed by atoms with E-state index in [2.05, 4.69) is 20.7 Å². The van der Waals surface area contributed by atoms with Gasteiger partial charge in [0.05, 0.1) is 12.4 Å². The van der Waals surface area contributed by atoms with Crippen LogP contribution in [0.5, 0.6) is 5.75 Å². The molecule has 0 unspecified atom stereocenters. The van der Waals surface area contributed by atoms with Gasteiger partial charge in [0, 0.05) is 23.0 Å². The Labute approximate surface area is 110 Å². The predicted octanol–water partition coefficient (Wildman–Crippen LogP) is 1.82. The molecule has 1 aromatic carbocycles. The monoisotopic (exact) mass is 319 g/mol. The molecule has 6 heteroatoms. The third kappa shape index (κ3) is 3.00. The van der Waals surface area contributed by atoms with E-state index in [-0.39, 0.29) is 12.3 Å². The fourth-order valence-corrected chi connectivity index (χ4v) is 2.90. The maximum atomic E-state index is 11.4. The van der Waals surface area contributed by atoms with Gasteiger partial charge in [-0.25, -0.2) is 13.1 Å². The number of ether oxygens (including phenoxy) is 1. The van der Waals surface area contributed by atoms with Crippen LogP contribution in [0.1, 0.15) is 18.1 Å². The van der Waals surface area contributed by atoms with Gasteiger partial charge >= 0.3 is 0 Å². The molecule has 1 aromatic rings. The highest BCUT2D eigenvalue weighted by atomic mass is 79.9. The number of benzene rings is 1. The molecule has 0 saturated carbocycles. The van der Waals surface area contributed by atoms with Gasteiger partial charge in [0.15, 0.2) is 0 Å². The molecule has 1 N–H and O–H groups in total. The van der Waals surface area contributed by atoms with Crippen molar-refractivity contribution >= 4 is 26.0 Å². The van der Waals surface area contributed by atoms with Crippen molar-refractivity contribution in [1.82, 2.24) is 4.72 Å². The summed E-state index contributed by atoms with van der Waals surface area (Å²) in [5.41, 5.74) is 2.01. The van der Waals surface area contributed by atoms with E-state index in [1.54, 1.807) is 6.92 Å². The number of fused-ring (bicyclic) bond motifs is 1. The Hall–Kier alpha value is -0.590. The summed E-state index contributed by atoms with van der Waals surface area (Å²) in [6.45, 7) is 2.56. The van der Waals surface area contributed by atoms with Crippen LogP contribution < -0.4 is 9.46 Å². The first-order valence-corrected chi connectivity index (χ1v) is 7.88. The van der Waals surface area contributed by atoms with Crippen LogP contribution >= 0.6 is 15.9 Å². The largest absolute Gasteiger partial charge is 0.493 e. The first-order chi connectivity index (χ1) is 8.02. The second-order valence-electron chi connectivity index (χ2n) is 3.88. The van der Waals surface area contributed by atoms with E-state index >= 15 is 0 Å². The van der Waals surface area contributed by atoms with Crippen LogP contribution in [-0.2, 0) is 23.0 Å². The van der Waals surface area contributed by atoms with E-state index in [1.807, 2.05) is 12.1 Å². The summed E-state index contributed by atoms with van der Waals surface area (Å²) in [6, 6.07) is 3.91. The molecule has 1 heterocycles. The minimum atomic E-state index is -3.17. The van der Waals surface area contributed by atoms with Gasteiger partial charge in [0.2, 0.25) is 10.0 Å². The van der Waals surface area contributed by atoms with Gasteiger partial charge in [-0.2, -0.15) is 0 Å². The highest BCUT2D eigenvalue weighted by Gasteiger charge is 2.18. The predicted molar refractivity (Wildman–Crippen MR) is 69.6 cm³/mol. The van der Waals surface area contributed by atoms with Gasteiger partial charge in [-0.15, -0.1) is 0 Å². The Morgan fingerprint density at radius 1 is 1.47 bits per heavy atom. The number of nitrogens with one attached hydrogen (secondary N) is 1. The Morgan fingerprint density at radius 3 is 2.94 bits per heavy atom. The lowest BCUT2D eigenvalue weighted by atomic mass is 10.1. The van der Waals surface area contributed by atoms with E-state index in [1.165, 1.54) is 0 Å². The van der Waals surface area contributed by atoms with E-state index in [9.17, 15) is 8.42 Å². The Balaban J connectivity index is 2.22. The molecular formula is C11H14BrNO3S. The summed E-state index contributed by atoms with van der Waals surface area (Å²) in [6.07, 6.45) is 0.877. The number of hydrogen-bond acceptors (Lipinski definition) is 3. The number of hydrogen-bond donors (Lipinski definition) is 1. The summed E-state index contributed by atoms with van der Waals surface area (Å²) >= 11 is 3.42. The number of rotatable bonds is 4. The highest BCUT2D eigenvalue weighted by molar-refractivity contribution is 9.10. The zero-order chi connectivity index (χ0) is 12.5. The molecule has 0 saturated heterocycles. The van der Waals surface area contributed by atoms with Crippen LogP contribution in [0, 0.1) is 0 Å². The summed E-state index contributed by atoms with van der Waals surface area (Å²) in [5, 5.41) is 0. The van der Waals surface area contributed by atoms with Crippen molar-refractivity contribution in [2.45, 2.75) is 19.9 Å². The van der Waals surface area contributed by atoms with Crippen molar-refractivity contribution in [2.24, 2.45) is 0 Å². The third-order valence-electron chi connectivity index (χ3n) is 2.69. The van der Waals surface area contributed by atoms with Crippen molar-refractivity contribution in [3.05, 3.63) is 27.7 Å². The minimum Gasteiger partial charge on any atom is -0.493 e. The SMILES string of the molecule is CCS(=O)(=O)NCc1cc(Br)cc2c1OCC2. The summed E-state index contributed by atoms with van der Waals surface area (Å²) in [7, 11) is -3.17. The molecule has 4 nitrogen and oxygen atoms in total. The van der Waals surface area contributed by atoms with Crippen LogP contribution in [0.3, 0.4) is 0 Å². The minimum absolute atomic E-state index is 0.0874. The lowest BCUT2D eigenvalue weighted by molar-refractivity contribution is 0.353. The zero-order valence-corrected chi connectivity index (χ0v) is 11.9. The molecule has 0 aliphatic carbocycles. The molecule has 94 valence electrons. The van der Waals surface area contributed by atoms with Gasteiger partial charge in [-0.05, 0) is 24.6 Å². The molecule has 1 aliphatic rings. The van der Waals surface area contributed by atoms with Crippen LogP contribution in [0.25, 0.3) is 0 Å². The van der Waals surface area contributed by atoms with Crippen LogP contribution in [0.2, 0.25) is 0 Å². The summed E-state index contributed by atoms with van der Waals surface area (Å²) in [4.78, 5) is 0. The van der Waals surface area contributed by atoms with Crippen molar-refractivity contribution in [3.8, 4) is 5.75 Å². The number of sulfonamides is 1. The van der Waals surface area contributed by atoms with Gasteiger partial charge in [0.25, 0.3) is 0 Å². The van der Waals surface area contributed by atoms with Gasteiger partial charge in [-0.1, -0.05) is 15.9 Å². The molecule has 0 amide bonds. The van der Waals surface area contributed by atoms with E-state index in [4.69, 9.17) is 4.74 Å². The molecule has 0 radical (unpaired) electrons. The van der Waals surface area contributed by atoms with E-state index < -0.39 is 10.0 Å². The zero-order valence-electron chi connectivity index (χ0n) is 9.49. The Kier molecular flexibility index (Phi) is 3.75. The average Bonchev–Trinajstić information content (AvgIpc) is 2.73. The molecular weight excluding hydrogens is 306 g/mol. The second-order valence-corrected chi connectivity index (χ2v) is 6.89. The number of halogens is 1. The normalized spacial score (nSPS) is 14.5. The average molecular weight is 320 g/mol. The smallest absolute Gasteiger partial charge is 0.211 e. The van der Waals surface area contributed by atoms with Gasteiger partial charge in [0.1, 0.15) is 5.75 Å². The fraction of sp³-hybridized carbons (Fsp3) is 0.455. The Bertz CT molecular complexity index is 528. The van der Waals surface area contributed by atoms with Crippen molar-refractivity contribution in [2.75, 3.05) is 12.4 Å². The standard InChI is InChI=1S/C11H14BrNO3S/c1-2-17(14,15)13-7-9-6-10(12)5-8-3-4-16-11(8)9/h5-6,13H,2-4,7H2,1H3. The topological polar surface area (TPSA) is 55.4 Å². The van der Waals surface area contributed by atoms with Gasteiger partial charge < -0.3 is 4.74 Å². The maximum Gasteiger partial charge on any atom is 0.211 e. The van der Waals surface area contributed by atoms with Crippen molar-refractivity contribution in [1.29, 1.82) is 0 Å². The molecule has 0 bridgehead atoms. The van der Waals surface area contributed by atoms with E-state index in [0.717, 1.165) is 27.8 Å². The lowest BCUT2D eigenvalue weighted by Gasteiger charge is -2.10. The van der Waals surface area contributed by atoms with Gasteiger partial charge in [-0.3, -0.25) is 0 Å². The highest BCUT2D eigenvalue weighted by Crippen LogP contribution is 2.32. The molecule has 2 rings (SSSR count). The summed E-state index contributed by atoms with van der Waals surface area (Å²) in [5.74, 6) is 0.913. The maximum absolute atomic E-state index is 11.4. The summed E-state index contributed by atoms with van der Waals surface area (Å²) < 4.78 is 31.8. The third-order valence-corrected chi connectivity index (χ3v) is 4.49. The van der Waals surface area contributed by atoms with Crippen LogP contribution in [0.4, 0.5) is 0 Å². The second kappa shape index (κ2) is 4.96. The molecule has 0 spiro atoms. The molecule has 0 atom stereocenters. The molecule has 17 heavy (non-hydrogen) atoms. The molecule has 0 aromatic heterocycles. The molecule has 1 aliphatic heterocycles. The quantitative estimate of drug-likeness (QED) is 0.921. The van der Waals surface area contributed by atoms with Crippen molar-refractivity contribution in [3.63, 3.8) is 0 Å². The van der Waals surface area contributed by atoms with Crippen molar-refractivity contribution < 1.29 is 13.2 Å². The first kappa shape index (κ1) is 12.9. The molecule has 0 fully saturated rings.